The van der Waals surface area contributed by atoms with Gasteiger partial charge in [-0.25, -0.2) is 4.68 Å². The Hall–Kier alpha value is -2.41. The number of carbonyl (C=O) groups excluding carboxylic acids is 1. The Morgan fingerprint density at radius 1 is 1.20 bits per heavy atom. The number of aromatic nitrogens is 3. The van der Waals surface area contributed by atoms with E-state index in [1.807, 2.05) is 36.1 Å². The van der Waals surface area contributed by atoms with Gasteiger partial charge in [-0.05, 0) is 57.0 Å². The Balaban J connectivity index is 1.63. The van der Waals surface area contributed by atoms with Crippen LogP contribution in [-0.4, -0.2) is 58.1 Å². The third-order valence-electron chi connectivity index (χ3n) is 5.30. The van der Waals surface area contributed by atoms with E-state index in [-0.39, 0.29) is 11.9 Å². The Morgan fingerprint density at radius 3 is 2.72 bits per heavy atom. The van der Waals surface area contributed by atoms with Crippen molar-refractivity contribution in [2.24, 2.45) is 0 Å². The van der Waals surface area contributed by atoms with E-state index in [0.29, 0.717) is 11.7 Å². The minimum absolute atomic E-state index is 0.00783. The standard InChI is InChI=1S/C18H23N5O2/c1-12-17(18(24)22-13-3-4-15(22)11-19-10-9-13)20-21-23(12)14-5-7-16(25-2)8-6-14/h5-8,13,15,19H,3-4,9-11H2,1-2H3. The fraction of sp³-hybridized carbons (Fsp3) is 0.500. The van der Waals surface area contributed by atoms with E-state index in [9.17, 15) is 4.79 Å². The van der Waals surface area contributed by atoms with Gasteiger partial charge in [0.05, 0.1) is 18.5 Å². The number of benzene rings is 1. The maximum Gasteiger partial charge on any atom is 0.276 e. The predicted octanol–water partition coefficient (Wildman–Crippen LogP) is 1.55. The zero-order valence-electron chi connectivity index (χ0n) is 14.6. The summed E-state index contributed by atoms with van der Waals surface area (Å²) in [5, 5.41) is 11.8. The van der Waals surface area contributed by atoms with Crippen molar-refractivity contribution in [2.75, 3.05) is 20.2 Å². The van der Waals surface area contributed by atoms with Crippen molar-refractivity contribution in [1.82, 2.24) is 25.2 Å². The smallest absolute Gasteiger partial charge is 0.276 e. The Kier molecular flexibility index (Phi) is 4.17. The van der Waals surface area contributed by atoms with Gasteiger partial charge < -0.3 is 15.0 Å². The molecule has 1 amide bonds. The molecule has 2 aliphatic rings. The van der Waals surface area contributed by atoms with E-state index in [4.69, 9.17) is 4.74 Å². The molecule has 1 N–H and O–H groups in total. The molecule has 2 fully saturated rings. The van der Waals surface area contributed by atoms with Crippen molar-refractivity contribution in [3.05, 3.63) is 35.7 Å². The van der Waals surface area contributed by atoms with Gasteiger partial charge in [-0.15, -0.1) is 5.10 Å². The van der Waals surface area contributed by atoms with Gasteiger partial charge in [0.15, 0.2) is 5.69 Å². The summed E-state index contributed by atoms with van der Waals surface area (Å²) in [5.74, 6) is 0.792. The minimum atomic E-state index is 0.00783. The third kappa shape index (κ3) is 2.78. The minimum Gasteiger partial charge on any atom is -0.497 e. The summed E-state index contributed by atoms with van der Waals surface area (Å²) in [4.78, 5) is 15.2. The summed E-state index contributed by atoms with van der Waals surface area (Å²) in [5.41, 5.74) is 2.09. The maximum atomic E-state index is 13.1. The lowest BCUT2D eigenvalue weighted by atomic mass is 10.1. The lowest BCUT2D eigenvalue weighted by Crippen LogP contribution is -2.43. The molecule has 132 valence electrons. The fourth-order valence-electron chi connectivity index (χ4n) is 3.93. The molecule has 2 saturated heterocycles. The predicted molar refractivity (Wildman–Crippen MR) is 93.1 cm³/mol. The van der Waals surface area contributed by atoms with Crippen LogP contribution in [0.2, 0.25) is 0 Å². The first kappa shape index (κ1) is 16.1. The monoisotopic (exact) mass is 341 g/mol. The molecular formula is C18H23N5O2. The van der Waals surface area contributed by atoms with Crippen LogP contribution in [0.3, 0.4) is 0 Å². The highest BCUT2D eigenvalue weighted by Crippen LogP contribution is 2.30. The molecular weight excluding hydrogens is 318 g/mol. The van der Waals surface area contributed by atoms with Crippen molar-refractivity contribution < 1.29 is 9.53 Å². The molecule has 2 bridgehead atoms. The Bertz CT molecular complexity index is 756. The lowest BCUT2D eigenvalue weighted by Gasteiger charge is -2.27. The van der Waals surface area contributed by atoms with Crippen molar-refractivity contribution >= 4 is 5.91 Å². The molecule has 25 heavy (non-hydrogen) atoms. The first-order valence-corrected chi connectivity index (χ1v) is 8.79. The van der Waals surface area contributed by atoms with Crippen molar-refractivity contribution in [2.45, 2.75) is 38.3 Å². The highest BCUT2D eigenvalue weighted by Gasteiger charge is 2.39. The molecule has 2 atom stereocenters. The van der Waals surface area contributed by atoms with Crippen LogP contribution in [0, 0.1) is 6.92 Å². The highest BCUT2D eigenvalue weighted by atomic mass is 16.5. The van der Waals surface area contributed by atoms with E-state index in [1.54, 1.807) is 11.8 Å². The molecule has 7 nitrogen and oxygen atoms in total. The average molecular weight is 341 g/mol. The summed E-state index contributed by atoms with van der Waals surface area (Å²) in [6.07, 6.45) is 3.16. The topological polar surface area (TPSA) is 72.3 Å². The largest absolute Gasteiger partial charge is 0.497 e. The molecule has 3 heterocycles. The Labute approximate surface area is 147 Å². The molecule has 2 unspecified atom stereocenters. The quantitative estimate of drug-likeness (QED) is 0.917. The molecule has 4 rings (SSSR count). The number of ether oxygens (including phenoxy) is 1. The second-order valence-corrected chi connectivity index (χ2v) is 6.72. The maximum absolute atomic E-state index is 13.1. The number of amides is 1. The highest BCUT2D eigenvalue weighted by molar-refractivity contribution is 5.94. The zero-order chi connectivity index (χ0) is 17.4. The molecule has 1 aromatic heterocycles. The number of nitrogens with one attached hydrogen (secondary N) is 1. The van der Waals surface area contributed by atoms with Crippen LogP contribution >= 0.6 is 0 Å². The summed E-state index contributed by atoms with van der Waals surface area (Å²) in [6, 6.07) is 8.16. The van der Waals surface area contributed by atoms with Gasteiger partial charge in [-0.1, -0.05) is 5.21 Å². The lowest BCUT2D eigenvalue weighted by molar-refractivity contribution is 0.0673. The number of hydrogen-bond acceptors (Lipinski definition) is 5. The van der Waals surface area contributed by atoms with E-state index < -0.39 is 0 Å². The Morgan fingerprint density at radius 2 is 1.96 bits per heavy atom. The van der Waals surface area contributed by atoms with Crippen molar-refractivity contribution in [3.63, 3.8) is 0 Å². The summed E-state index contributed by atoms with van der Waals surface area (Å²) in [7, 11) is 1.64. The molecule has 0 saturated carbocycles. The number of fused-ring (bicyclic) bond motifs is 2. The van der Waals surface area contributed by atoms with Gasteiger partial charge in [0.2, 0.25) is 0 Å². The first-order valence-electron chi connectivity index (χ1n) is 8.79. The van der Waals surface area contributed by atoms with E-state index in [2.05, 4.69) is 15.6 Å². The molecule has 1 aromatic carbocycles. The van der Waals surface area contributed by atoms with E-state index in [1.165, 1.54) is 0 Å². The SMILES string of the molecule is COc1ccc(-n2nnc(C(=O)N3C4CCNCC3CC4)c2C)cc1. The second-order valence-electron chi connectivity index (χ2n) is 6.72. The van der Waals surface area contributed by atoms with Gasteiger partial charge in [-0.2, -0.15) is 0 Å². The van der Waals surface area contributed by atoms with Crippen LogP contribution < -0.4 is 10.1 Å². The van der Waals surface area contributed by atoms with E-state index >= 15 is 0 Å². The molecule has 0 spiro atoms. The number of nitrogens with zero attached hydrogens (tertiary/aromatic N) is 4. The fourth-order valence-corrected chi connectivity index (χ4v) is 3.93. The second kappa shape index (κ2) is 6.48. The van der Waals surface area contributed by atoms with Crippen LogP contribution in [0.1, 0.15) is 35.4 Å². The van der Waals surface area contributed by atoms with Crippen LogP contribution in [0.4, 0.5) is 0 Å². The van der Waals surface area contributed by atoms with Crippen LogP contribution in [-0.2, 0) is 0 Å². The van der Waals surface area contributed by atoms with Gasteiger partial charge in [0.25, 0.3) is 5.91 Å². The van der Waals surface area contributed by atoms with Gasteiger partial charge in [0.1, 0.15) is 5.75 Å². The van der Waals surface area contributed by atoms with Crippen LogP contribution in [0.5, 0.6) is 5.75 Å². The van der Waals surface area contributed by atoms with Crippen LogP contribution in [0.25, 0.3) is 5.69 Å². The number of methoxy groups -OCH3 is 1. The molecule has 0 radical (unpaired) electrons. The first-order chi connectivity index (χ1) is 12.2. The third-order valence-corrected chi connectivity index (χ3v) is 5.30. The molecule has 2 aliphatic heterocycles. The number of rotatable bonds is 3. The van der Waals surface area contributed by atoms with Gasteiger partial charge >= 0.3 is 0 Å². The normalized spacial score (nSPS) is 22.7. The molecule has 2 aromatic rings. The number of hydrogen-bond donors (Lipinski definition) is 1. The molecule has 7 heteroatoms. The van der Waals surface area contributed by atoms with Gasteiger partial charge in [-0.3, -0.25) is 4.79 Å². The summed E-state index contributed by atoms with van der Waals surface area (Å²) in [6.45, 7) is 3.74. The van der Waals surface area contributed by atoms with Crippen molar-refractivity contribution in [3.8, 4) is 11.4 Å². The van der Waals surface area contributed by atoms with Gasteiger partial charge in [0, 0.05) is 18.6 Å². The number of carbonyl (C=O) groups is 1. The summed E-state index contributed by atoms with van der Waals surface area (Å²) < 4.78 is 6.90. The van der Waals surface area contributed by atoms with Crippen LogP contribution in [0.15, 0.2) is 24.3 Å². The zero-order valence-corrected chi connectivity index (χ0v) is 14.6. The molecule has 0 aliphatic carbocycles. The van der Waals surface area contributed by atoms with Crippen molar-refractivity contribution in [1.29, 1.82) is 0 Å². The average Bonchev–Trinajstić information content (AvgIpc) is 3.13. The van der Waals surface area contributed by atoms with E-state index in [0.717, 1.165) is 49.5 Å². The summed E-state index contributed by atoms with van der Waals surface area (Å²) >= 11 is 0.